The minimum absolute atomic E-state index is 0. The predicted molar refractivity (Wildman–Crippen MR) is 94.9 cm³/mol. The highest BCUT2D eigenvalue weighted by Crippen LogP contribution is 1.88. The molecule has 8 heteroatoms. The van der Waals surface area contributed by atoms with Crippen LogP contribution in [0, 0.1) is 0 Å². The largest absolute Gasteiger partial charge is 0.356 e. The van der Waals surface area contributed by atoms with Crippen LogP contribution >= 0.6 is 24.0 Å². The molecule has 0 unspecified atom stereocenters. The molecule has 0 aliphatic heterocycles. The summed E-state index contributed by atoms with van der Waals surface area (Å²) in [7, 11) is 5.23. The molecule has 0 atom stereocenters. The van der Waals surface area contributed by atoms with Crippen LogP contribution in [0.2, 0.25) is 0 Å². The van der Waals surface area contributed by atoms with Gasteiger partial charge in [-0.2, -0.15) is 5.10 Å². The third-order valence-corrected chi connectivity index (χ3v) is 2.77. The summed E-state index contributed by atoms with van der Waals surface area (Å²) in [6.07, 6.45) is 5.13. The standard InChI is InChI=1S/C13H24N6O.HI/c1-14-13(16-9-6-12(20)18(2)3)15-7-4-10-19-11-5-8-17-19;/h5,8,11H,4,6-7,9-10H2,1-3H3,(H2,14,15,16);1H. The van der Waals surface area contributed by atoms with Crippen molar-refractivity contribution in [3.63, 3.8) is 0 Å². The van der Waals surface area contributed by atoms with Crippen molar-refractivity contribution in [2.24, 2.45) is 4.99 Å². The number of halogens is 1. The fourth-order valence-electron chi connectivity index (χ4n) is 1.61. The molecule has 0 aliphatic rings. The molecule has 21 heavy (non-hydrogen) atoms. The van der Waals surface area contributed by atoms with E-state index in [0.717, 1.165) is 25.5 Å². The molecule has 2 N–H and O–H groups in total. The Kier molecular flexibility index (Phi) is 10.6. The summed E-state index contributed by atoms with van der Waals surface area (Å²) in [5.74, 6) is 0.823. The molecular weight excluding hydrogens is 383 g/mol. The van der Waals surface area contributed by atoms with Crippen molar-refractivity contribution in [3.8, 4) is 0 Å². The zero-order valence-electron chi connectivity index (χ0n) is 12.9. The number of carbonyl (C=O) groups is 1. The SMILES string of the molecule is CN=C(NCCCn1cccn1)NCCC(=O)N(C)C.I. The second-order valence-electron chi connectivity index (χ2n) is 4.59. The molecule has 1 aromatic heterocycles. The molecule has 0 aliphatic carbocycles. The number of rotatable bonds is 7. The van der Waals surface area contributed by atoms with Gasteiger partial charge in [-0.25, -0.2) is 0 Å². The number of amides is 1. The van der Waals surface area contributed by atoms with Crippen molar-refractivity contribution < 1.29 is 4.79 Å². The predicted octanol–water partition coefficient (Wildman–Crippen LogP) is 0.534. The fraction of sp³-hybridized carbons (Fsp3) is 0.615. The van der Waals surface area contributed by atoms with Crippen molar-refractivity contribution in [1.82, 2.24) is 25.3 Å². The molecular formula is C13H25IN6O. The van der Waals surface area contributed by atoms with Gasteiger partial charge >= 0.3 is 0 Å². The first kappa shape index (κ1) is 19.7. The van der Waals surface area contributed by atoms with Crippen molar-refractivity contribution in [3.05, 3.63) is 18.5 Å². The summed E-state index contributed by atoms with van der Waals surface area (Å²) in [5.41, 5.74) is 0. The summed E-state index contributed by atoms with van der Waals surface area (Å²) in [6.45, 7) is 2.26. The Morgan fingerprint density at radius 2 is 2.05 bits per heavy atom. The van der Waals surface area contributed by atoms with Gasteiger partial charge in [0.05, 0.1) is 0 Å². The molecule has 1 heterocycles. The average molecular weight is 408 g/mol. The Labute approximate surface area is 143 Å². The van der Waals surface area contributed by atoms with Crippen LogP contribution in [0.4, 0.5) is 0 Å². The highest BCUT2D eigenvalue weighted by atomic mass is 127. The van der Waals surface area contributed by atoms with Crippen molar-refractivity contribution in [1.29, 1.82) is 0 Å². The van der Waals surface area contributed by atoms with E-state index in [4.69, 9.17) is 0 Å². The van der Waals surface area contributed by atoms with Gasteiger partial charge in [0.2, 0.25) is 5.91 Å². The van der Waals surface area contributed by atoms with Gasteiger partial charge in [-0.15, -0.1) is 24.0 Å². The Hall–Kier alpha value is -1.32. The first-order valence-electron chi connectivity index (χ1n) is 6.75. The summed E-state index contributed by atoms with van der Waals surface area (Å²) >= 11 is 0. The number of aromatic nitrogens is 2. The van der Waals surface area contributed by atoms with Crippen molar-refractivity contribution >= 4 is 35.8 Å². The maximum absolute atomic E-state index is 11.4. The first-order chi connectivity index (χ1) is 9.63. The van der Waals surface area contributed by atoms with Crippen LogP contribution in [0.15, 0.2) is 23.5 Å². The topological polar surface area (TPSA) is 74.5 Å². The van der Waals surface area contributed by atoms with E-state index in [0.29, 0.717) is 13.0 Å². The van der Waals surface area contributed by atoms with Gasteiger partial charge in [0.25, 0.3) is 0 Å². The normalized spacial score (nSPS) is 10.7. The monoisotopic (exact) mass is 408 g/mol. The second-order valence-corrected chi connectivity index (χ2v) is 4.59. The minimum atomic E-state index is 0. The maximum atomic E-state index is 11.4. The van der Waals surface area contributed by atoms with Crippen molar-refractivity contribution in [2.45, 2.75) is 19.4 Å². The Morgan fingerprint density at radius 3 is 2.62 bits per heavy atom. The van der Waals surface area contributed by atoms with Gasteiger partial charge in [0.1, 0.15) is 0 Å². The van der Waals surface area contributed by atoms with Gasteiger partial charge < -0.3 is 15.5 Å². The van der Waals surface area contributed by atoms with E-state index in [-0.39, 0.29) is 29.9 Å². The van der Waals surface area contributed by atoms with Gasteiger partial charge in [0.15, 0.2) is 5.96 Å². The summed E-state index contributed by atoms with van der Waals surface area (Å²) in [5, 5.41) is 10.5. The zero-order valence-corrected chi connectivity index (χ0v) is 15.2. The van der Waals surface area contributed by atoms with Gasteiger partial charge in [-0.3, -0.25) is 14.5 Å². The zero-order chi connectivity index (χ0) is 14.8. The smallest absolute Gasteiger partial charge is 0.223 e. The molecule has 0 bridgehead atoms. The van der Waals surface area contributed by atoms with Crippen LogP contribution in [-0.2, 0) is 11.3 Å². The quantitative estimate of drug-likeness (QED) is 0.299. The van der Waals surface area contributed by atoms with Crippen LogP contribution in [-0.4, -0.2) is 60.8 Å². The van der Waals surface area contributed by atoms with E-state index < -0.39 is 0 Å². The summed E-state index contributed by atoms with van der Waals surface area (Å²) in [6, 6.07) is 1.91. The lowest BCUT2D eigenvalue weighted by Crippen LogP contribution is -2.39. The van der Waals surface area contributed by atoms with E-state index in [1.807, 2.05) is 16.9 Å². The molecule has 1 rings (SSSR count). The number of aliphatic imine (C=N–C) groups is 1. The van der Waals surface area contributed by atoms with Gasteiger partial charge in [0, 0.05) is 59.6 Å². The number of hydrogen-bond donors (Lipinski definition) is 2. The van der Waals surface area contributed by atoms with E-state index in [1.54, 1.807) is 32.2 Å². The molecule has 0 saturated carbocycles. The number of guanidine groups is 1. The number of aryl methyl sites for hydroxylation is 1. The molecule has 0 fully saturated rings. The van der Waals surface area contributed by atoms with Crippen LogP contribution < -0.4 is 10.6 Å². The number of nitrogens with one attached hydrogen (secondary N) is 2. The fourth-order valence-corrected chi connectivity index (χ4v) is 1.61. The lowest BCUT2D eigenvalue weighted by atomic mass is 10.4. The number of hydrogen-bond acceptors (Lipinski definition) is 3. The van der Waals surface area contributed by atoms with E-state index in [2.05, 4.69) is 20.7 Å². The Bertz CT molecular complexity index is 418. The second kappa shape index (κ2) is 11.4. The van der Waals surface area contributed by atoms with Crippen molar-refractivity contribution in [2.75, 3.05) is 34.2 Å². The molecule has 7 nitrogen and oxygen atoms in total. The summed E-state index contributed by atoms with van der Waals surface area (Å²) in [4.78, 5) is 17.1. The number of carbonyl (C=O) groups excluding carboxylic acids is 1. The lowest BCUT2D eigenvalue weighted by Gasteiger charge is -2.13. The Balaban J connectivity index is 0.00000400. The van der Waals surface area contributed by atoms with E-state index >= 15 is 0 Å². The van der Waals surface area contributed by atoms with Crippen LogP contribution in [0.25, 0.3) is 0 Å². The van der Waals surface area contributed by atoms with Crippen LogP contribution in [0.1, 0.15) is 12.8 Å². The Morgan fingerprint density at radius 1 is 1.33 bits per heavy atom. The van der Waals surface area contributed by atoms with E-state index in [1.165, 1.54) is 0 Å². The molecule has 0 radical (unpaired) electrons. The molecule has 120 valence electrons. The third-order valence-electron chi connectivity index (χ3n) is 2.77. The average Bonchev–Trinajstić information content (AvgIpc) is 2.94. The highest BCUT2D eigenvalue weighted by Gasteiger charge is 2.04. The van der Waals surface area contributed by atoms with E-state index in [9.17, 15) is 4.79 Å². The number of nitrogens with zero attached hydrogens (tertiary/aromatic N) is 4. The molecule has 0 spiro atoms. The van der Waals surface area contributed by atoms with Crippen LogP contribution in [0.3, 0.4) is 0 Å². The maximum Gasteiger partial charge on any atom is 0.223 e. The third kappa shape index (κ3) is 8.53. The van der Waals surface area contributed by atoms with Crippen LogP contribution in [0.5, 0.6) is 0 Å². The molecule has 0 saturated heterocycles. The highest BCUT2D eigenvalue weighted by molar-refractivity contribution is 14.0. The van der Waals surface area contributed by atoms with Gasteiger partial charge in [-0.1, -0.05) is 0 Å². The first-order valence-corrected chi connectivity index (χ1v) is 6.75. The van der Waals surface area contributed by atoms with Gasteiger partial charge in [-0.05, 0) is 12.5 Å². The summed E-state index contributed by atoms with van der Waals surface area (Å²) < 4.78 is 1.90. The lowest BCUT2D eigenvalue weighted by molar-refractivity contribution is -0.128. The molecule has 1 amide bonds. The molecule has 1 aromatic rings. The molecule has 0 aromatic carbocycles. The minimum Gasteiger partial charge on any atom is -0.356 e.